The fraction of sp³-hybridized carbons (Fsp3) is 0.600. The summed E-state index contributed by atoms with van der Waals surface area (Å²) in [4.78, 5) is 2.74. The Morgan fingerprint density at radius 2 is 1.75 bits per heavy atom. The smallest absolute Gasteiger partial charge is 0.240 e. The molecular formula is C15H24N2O2S. The minimum atomic E-state index is -3.40. The summed E-state index contributed by atoms with van der Waals surface area (Å²) in [5.41, 5.74) is 0. The lowest BCUT2D eigenvalue weighted by Gasteiger charge is -2.30. The fourth-order valence-corrected chi connectivity index (χ4v) is 3.81. The molecule has 0 amide bonds. The molecule has 1 aromatic rings. The van der Waals surface area contributed by atoms with Gasteiger partial charge in [-0.1, -0.05) is 32.0 Å². The monoisotopic (exact) mass is 296 g/mol. The molecule has 1 N–H and O–H groups in total. The Balaban J connectivity index is 2.02. The van der Waals surface area contributed by atoms with Crippen LogP contribution in [0.2, 0.25) is 0 Å². The van der Waals surface area contributed by atoms with Crippen LogP contribution < -0.4 is 4.72 Å². The van der Waals surface area contributed by atoms with Gasteiger partial charge in [0.15, 0.2) is 0 Å². The van der Waals surface area contributed by atoms with Crippen LogP contribution >= 0.6 is 0 Å². The molecule has 1 aliphatic rings. The first kappa shape index (κ1) is 15.5. The summed E-state index contributed by atoms with van der Waals surface area (Å²) in [5.74, 6) is 0.437. The maximum absolute atomic E-state index is 12.2. The molecule has 112 valence electrons. The van der Waals surface area contributed by atoms with E-state index < -0.39 is 10.0 Å². The van der Waals surface area contributed by atoms with Crippen molar-refractivity contribution in [2.24, 2.45) is 5.92 Å². The fourth-order valence-electron chi connectivity index (χ4n) is 2.74. The second-order valence-corrected chi connectivity index (χ2v) is 7.49. The topological polar surface area (TPSA) is 49.4 Å². The van der Waals surface area contributed by atoms with E-state index >= 15 is 0 Å². The number of nitrogens with zero attached hydrogens (tertiary/aromatic N) is 1. The molecular weight excluding hydrogens is 272 g/mol. The van der Waals surface area contributed by atoms with E-state index in [0.29, 0.717) is 17.4 Å². The van der Waals surface area contributed by atoms with Crippen LogP contribution in [0.4, 0.5) is 0 Å². The van der Waals surface area contributed by atoms with Crippen molar-refractivity contribution in [2.45, 2.75) is 37.6 Å². The van der Waals surface area contributed by atoms with Gasteiger partial charge in [-0.2, -0.15) is 0 Å². The van der Waals surface area contributed by atoms with E-state index in [1.165, 1.54) is 12.8 Å². The number of benzene rings is 1. The first-order chi connectivity index (χ1) is 9.50. The third kappa shape index (κ3) is 3.81. The van der Waals surface area contributed by atoms with Crippen molar-refractivity contribution >= 4 is 10.0 Å². The summed E-state index contributed by atoms with van der Waals surface area (Å²) < 4.78 is 27.3. The van der Waals surface area contributed by atoms with Crippen LogP contribution in [-0.4, -0.2) is 39.0 Å². The summed E-state index contributed by atoms with van der Waals surface area (Å²) in [6.45, 7) is 6.94. The third-order valence-electron chi connectivity index (χ3n) is 3.92. The van der Waals surface area contributed by atoms with E-state index in [1.807, 2.05) is 6.07 Å². The van der Waals surface area contributed by atoms with Crippen molar-refractivity contribution in [2.75, 3.05) is 19.6 Å². The second-order valence-electron chi connectivity index (χ2n) is 5.72. The maximum atomic E-state index is 12.2. The molecule has 0 bridgehead atoms. The predicted octanol–water partition coefficient (Wildman–Crippen LogP) is 2.09. The molecule has 1 heterocycles. The van der Waals surface area contributed by atoms with Gasteiger partial charge in [0, 0.05) is 12.6 Å². The standard InChI is InChI=1S/C15H24N2O2S/c1-13(2)15(17-10-6-7-11-17)12-16-20(18,19)14-8-4-3-5-9-14/h3-5,8-9,13,15-16H,6-7,10-12H2,1-2H3. The van der Waals surface area contributed by atoms with Gasteiger partial charge in [-0.3, -0.25) is 4.90 Å². The number of rotatable bonds is 6. The highest BCUT2D eigenvalue weighted by Gasteiger charge is 2.26. The molecule has 0 aromatic heterocycles. The lowest BCUT2D eigenvalue weighted by Crippen LogP contribution is -2.45. The van der Waals surface area contributed by atoms with Gasteiger partial charge in [0.25, 0.3) is 0 Å². The largest absolute Gasteiger partial charge is 0.299 e. The van der Waals surface area contributed by atoms with Gasteiger partial charge < -0.3 is 0 Å². The van der Waals surface area contributed by atoms with Gasteiger partial charge in [0.05, 0.1) is 4.90 Å². The van der Waals surface area contributed by atoms with Crippen molar-refractivity contribution in [3.05, 3.63) is 30.3 Å². The summed E-state index contributed by atoms with van der Waals surface area (Å²) in [6.07, 6.45) is 2.43. The van der Waals surface area contributed by atoms with Gasteiger partial charge in [0.1, 0.15) is 0 Å². The zero-order valence-corrected chi connectivity index (χ0v) is 13.1. The summed E-state index contributed by atoms with van der Waals surface area (Å²) in [6, 6.07) is 8.84. The summed E-state index contributed by atoms with van der Waals surface area (Å²) >= 11 is 0. The molecule has 0 aliphatic carbocycles. The van der Waals surface area contributed by atoms with E-state index in [0.717, 1.165) is 13.1 Å². The van der Waals surface area contributed by atoms with E-state index in [1.54, 1.807) is 24.3 Å². The summed E-state index contributed by atoms with van der Waals surface area (Å²) in [7, 11) is -3.40. The van der Waals surface area contributed by atoms with E-state index in [2.05, 4.69) is 23.5 Å². The molecule has 0 spiro atoms. The SMILES string of the molecule is CC(C)C(CNS(=O)(=O)c1ccccc1)N1CCCC1. The minimum Gasteiger partial charge on any atom is -0.299 e. The normalized spacial score (nSPS) is 18.6. The first-order valence-electron chi connectivity index (χ1n) is 7.29. The molecule has 1 atom stereocenters. The molecule has 0 radical (unpaired) electrons. The minimum absolute atomic E-state index is 0.274. The summed E-state index contributed by atoms with van der Waals surface area (Å²) in [5, 5.41) is 0. The zero-order chi connectivity index (χ0) is 14.6. The van der Waals surface area contributed by atoms with Crippen molar-refractivity contribution in [3.63, 3.8) is 0 Å². The Hall–Kier alpha value is -0.910. The van der Waals surface area contributed by atoms with Gasteiger partial charge in [-0.05, 0) is 44.0 Å². The van der Waals surface area contributed by atoms with Crippen LogP contribution in [0.3, 0.4) is 0 Å². The van der Waals surface area contributed by atoms with E-state index in [9.17, 15) is 8.42 Å². The number of likely N-dealkylation sites (tertiary alicyclic amines) is 1. The molecule has 0 saturated carbocycles. The van der Waals surface area contributed by atoms with E-state index in [4.69, 9.17) is 0 Å². The van der Waals surface area contributed by atoms with Gasteiger partial charge in [-0.15, -0.1) is 0 Å². The van der Waals surface area contributed by atoms with Gasteiger partial charge >= 0.3 is 0 Å². The van der Waals surface area contributed by atoms with E-state index in [-0.39, 0.29) is 6.04 Å². The highest BCUT2D eigenvalue weighted by molar-refractivity contribution is 7.89. The first-order valence-corrected chi connectivity index (χ1v) is 8.78. The Labute approximate surface area is 122 Å². The average Bonchev–Trinajstić information content (AvgIpc) is 2.93. The number of hydrogen-bond acceptors (Lipinski definition) is 3. The maximum Gasteiger partial charge on any atom is 0.240 e. The van der Waals surface area contributed by atoms with Crippen LogP contribution in [0.25, 0.3) is 0 Å². The van der Waals surface area contributed by atoms with Gasteiger partial charge in [0.2, 0.25) is 10.0 Å². The second kappa shape index (κ2) is 6.70. The lowest BCUT2D eigenvalue weighted by atomic mass is 10.0. The van der Waals surface area contributed by atoms with Crippen LogP contribution in [0.5, 0.6) is 0 Å². The highest BCUT2D eigenvalue weighted by Crippen LogP contribution is 2.18. The zero-order valence-electron chi connectivity index (χ0n) is 12.2. The van der Waals surface area contributed by atoms with Crippen molar-refractivity contribution in [1.82, 2.24) is 9.62 Å². The molecule has 4 nitrogen and oxygen atoms in total. The third-order valence-corrected chi connectivity index (χ3v) is 5.35. The Morgan fingerprint density at radius 3 is 2.30 bits per heavy atom. The van der Waals surface area contributed by atoms with Crippen molar-refractivity contribution < 1.29 is 8.42 Å². The Morgan fingerprint density at radius 1 is 1.15 bits per heavy atom. The van der Waals surface area contributed by atoms with Crippen LogP contribution in [-0.2, 0) is 10.0 Å². The predicted molar refractivity (Wildman–Crippen MR) is 81.1 cm³/mol. The molecule has 20 heavy (non-hydrogen) atoms. The van der Waals surface area contributed by atoms with Crippen LogP contribution in [0.1, 0.15) is 26.7 Å². The van der Waals surface area contributed by atoms with Crippen LogP contribution in [0, 0.1) is 5.92 Å². The number of nitrogens with one attached hydrogen (secondary N) is 1. The Kier molecular flexibility index (Phi) is 5.18. The molecule has 1 unspecified atom stereocenters. The molecule has 1 fully saturated rings. The number of sulfonamides is 1. The average molecular weight is 296 g/mol. The molecule has 1 aliphatic heterocycles. The molecule has 5 heteroatoms. The van der Waals surface area contributed by atoms with Crippen molar-refractivity contribution in [3.8, 4) is 0 Å². The Bertz CT molecular complexity index is 508. The molecule has 1 saturated heterocycles. The molecule has 2 rings (SSSR count). The van der Waals surface area contributed by atoms with Crippen LogP contribution in [0.15, 0.2) is 35.2 Å². The van der Waals surface area contributed by atoms with Gasteiger partial charge in [-0.25, -0.2) is 13.1 Å². The lowest BCUT2D eigenvalue weighted by molar-refractivity contribution is 0.193. The highest BCUT2D eigenvalue weighted by atomic mass is 32.2. The molecule has 1 aromatic carbocycles. The van der Waals surface area contributed by atoms with Crippen molar-refractivity contribution in [1.29, 1.82) is 0 Å². The quantitative estimate of drug-likeness (QED) is 0.874. The number of hydrogen-bond donors (Lipinski definition) is 1.